The standard InChI is InChI=1S/C20H22N2O3/c1-14-9-17(22-25-14)13-21-12-16-10-19(23-2)20(24-3)11-18(16)15-7-5-4-6-8-15/h4-11,21H,12-13H2,1-3H3. The summed E-state index contributed by atoms with van der Waals surface area (Å²) in [4.78, 5) is 0. The molecule has 1 heterocycles. The van der Waals surface area contributed by atoms with Gasteiger partial charge in [0.1, 0.15) is 5.76 Å². The molecule has 0 aliphatic rings. The molecule has 1 N–H and O–H groups in total. The number of rotatable bonds is 7. The lowest BCUT2D eigenvalue weighted by Crippen LogP contribution is -2.14. The van der Waals surface area contributed by atoms with Crippen molar-refractivity contribution in [3.8, 4) is 22.6 Å². The van der Waals surface area contributed by atoms with Crippen LogP contribution in [-0.2, 0) is 13.1 Å². The van der Waals surface area contributed by atoms with Gasteiger partial charge in [0.15, 0.2) is 11.5 Å². The van der Waals surface area contributed by atoms with E-state index in [1.54, 1.807) is 14.2 Å². The molecule has 0 aliphatic carbocycles. The summed E-state index contributed by atoms with van der Waals surface area (Å²) in [7, 11) is 3.30. The minimum atomic E-state index is 0.639. The number of hydrogen-bond donors (Lipinski definition) is 1. The third kappa shape index (κ3) is 4.00. The summed E-state index contributed by atoms with van der Waals surface area (Å²) in [6.45, 7) is 3.20. The van der Waals surface area contributed by atoms with Gasteiger partial charge >= 0.3 is 0 Å². The van der Waals surface area contributed by atoms with Crippen LogP contribution in [0.5, 0.6) is 11.5 Å². The fraction of sp³-hybridized carbons (Fsp3) is 0.250. The van der Waals surface area contributed by atoms with Crippen LogP contribution in [0.2, 0.25) is 0 Å². The fourth-order valence-electron chi connectivity index (χ4n) is 2.78. The lowest BCUT2D eigenvalue weighted by atomic mass is 9.98. The minimum Gasteiger partial charge on any atom is -0.493 e. The molecule has 130 valence electrons. The summed E-state index contributed by atoms with van der Waals surface area (Å²) < 4.78 is 16.0. The van der Waals surface area contributed by atoms with Gasteiger partial charge in [-0.2, -0.15) is 0 Å². The van der Waals surface area contributed by atoms with Crippen LogP contribution in [0.25, 0.3) is 11.1 Å². The lowest BCUT2D eigenvalue weighted by molar-refractivity contribution is 0.354. The second kappa shape index (κ2) is 7.85. The van der Waals surface area contributed by atoms with Crippen LogP contribution in [0.3, 0.4) is 0 Å². The molecule has 0 fully saturated rings. The van der Waals surface area contributed by atoms with Crippen LogP contribution in [0, 0.1) is 6.92 Å². The van der Waals surface area contributed by atoms with E-state index in [1.807, 2.05) is 43.3 Å². The van der Waals surface area contributed by atoms with Crippen molar-refractivity contribution in [2.75, 3.05) is 14.2 Å². The summed E-state index contributed by atoms with van der Waals surface area (Å²) in [6, 6.07) is 16.2. The SMILES string of the molecule is COc1cc(CNCc2cc(C)on2)c(-c2ccccc2)cc1OC. The van der Waals surface area contributed by atoms with Crippen molar-refractivity contribution < 1.29 is 14.0 Å². The van der Waals surface area contributed by atoms with Gasteiger partial charge in [-0.1, -0.05) is 35.5 Å². The summed E-state index contributed by atoms with van der Waals surface area (Å²) in [5.41, 5.74) is 4.27. The van der Waals surface area contributed by atoms with Gasteiger partial charge in [-0.15, -0.1) is 0 Å². The largest absolute Gasteiger partial charge is 0.493 e. The Morgan fingerprint density at radius 2 is 1.68 bits per heavy atom. The van der Waals surface area contributed by atoms with Gasteiger partial charge in [0, 0.05) is 19.2 Å². The number of ether oxygens (including phenoxy) is 2. The molecule has 0 atom stereocenters. The molecule has 0 amide bonds. The molecular formula is C20H22N2O3. The Kier molecular flexibility index (Phi) is 5.36. The Bertz CT molecular complexity index is 828. The number of nitrogens with one attached hydrogen (secondary N) is 1. The molecular weight excluding hydrogens is 316 g/mol. The zero-order valence-corrected chi connectivity index (χ0v) is 14.7. The molecule has 2 aromatic carbocycles. The quantitative estimate of drug-likeness (QED) is 0.707. The molecule has 5 heteroatoms. The van der Waals surface area contributed by atoms with Crippen molar-refractivity contribution in [1.82, 2.24) is 10.5 Å². The highest BCUT2D eigenvalue weighted by Crippen LogP contribution is 2.35. The van der Waals surface area contributed by atoms with Crippen LogP contribution in [0.15, 0.2) is 53.1 Å². The normalized spacial score (nSPS) is 10.7. The van der Waals surface area contributed by atoms with E-state index in [1.165, 1.54) is 0 Å². The van der Waals surface area contributed by atoms with Crippen LogP contribution in [0.4, 0.5) is 0 Å². The van der Waals surface area contributed by atoms with Crippen molar-refractivity contribution >= 4 is 0 Å². The van der Waals surface area contributed by atoms with E-state index in [2.05, 4.69) is 22.6 Å². The van der Waals surface area contributed by atoms with Gasteiger partial charge in [-0.05, 0) is 35.7 Å². The molecule has 3 aromatic rings. The first-order chi connectivity index (χ1) is 12.2. The average molecular weight is 338 g/mol. The van der Waals surface area contributed by atoms with Crippen molar-refractivity contribution in [1.29, 1.82) is 0 Å². The maximum Gasteiger partial charge on any atom is 0.161 e. The monoisotopic (exact) mass is 338 g/mol. The number of aryl methyl sites for hydroxylation is 1. The Labute approximate surface area is 147 Å². The van der Waals surface area contributed by atoms with E-state index < -0.39 is 0 Å². The molecule has 5 nitrogen and oxygen atoms in total. The highest BCUT2D eigenvalue weighted by atomic mass is 16.5. The van der Waals surface area contributed by atoms with Crippen LogP contribution >= 0.6 is 0 Å². The molecule has 0 unspecified atom stereocenters. The molecule has 0 spiro atoms. The lowest BCUT2D eigenvalue weighted by Gasteiger charge is -2.15. The van der Waals surface area contributed by atoms with Crippen molar-refractivity contribution in [3.63, 3.8) is 0 Å². The molecule has 25 heavy (non-hydrogen) atoms. The summed E-state index contributed by atoms with van der Waals surface area (Å²) in [6.07, 6.45) is 0. The third-order valence-corrected chi connectivity index (χ3v) is 3.99. The molecule has 0 bridgehead atoms. The van der Waals surface area contributed by atoms with Gasteiger partial charge in [-0.3, -0.25) is 0 Å². The predicted molar refractivity (Wildman–Crippen MR) is 96.8 cm³/mol. The number of aromatic nitrogens is 1. The topological polar surface area (TPSA) is 56.5 Å². The smallest absolute Gasteiger partial charge is 0.161 e. The Morgan fingerprint density at radius 3 is 2.32 bits per heavy atom. The minimum absolute atomic E-state index is 0.639. The van der Waals surface area contributed by atoms with E-state index in [9.17, 15) is 0 Å². The maximum atomic E-state index is 5.46. The first kappa shape index (κ1) is 17.0. The van der Waals surface area contributed by atoms with Crippen molar-refractivity contribution in [2.24, 2.45) is 0 Å². The van der Waals surface area contributed by atoms with Gasteiger partial charge < -0.3 is 19.3 Å². The molecule has 0 aliphatic heterocycles. The molecule has 0 saturated heterocycles. The van der Waals surface area contributed by atoms with Gasteiger partial charge in [0.05, 0.1) is 19.9 Å². The van der Waals surface area contributed by atoms with E-state index >= 15 is 0 Å². The van der Waals surface area contributed by atoms with Crippen molar-refractivity contribution in [2.45, 2.75) is 20.0 Å². The Morgan fingerprint density at radius 1 is 0.960 bits per heavy atom. The first-order valence-electron chi connectivity index (χ1n) is 8.14. The number of hydrogen-bond acceptors (Lipinski definition) is 5. The van der Waals surface area contributed by atoms with Crippen LogP contribution in [0.1, 0.15) is 17.0 Å². The van der Waals surface area contributed by atoms with Crippen molar-refractivity contribution in [3.05, 3.63) is 65.5 Å². The molecule has 0 radical (unpaired) electrons. The average Bonchev–Trinajstić information content (AvgIpc) is 3.07. The Balaban J connectivity index is 1.87. The highest BCUT2D eigenvalue weighted by Gasteiger charge is 2.13. The molecule has 1 aromatic heterocycles. The van der Waals surface area contributed by atoms with E-state index in [-0.39, 0.29) is 0 Å². The van der Waals surface area contributed by atoms with Crippen LogP contribution in [-0.4, -0.2) is 19.4 Å². The predicted octanol–water partition coefficient (Wildman–Crippen LogP) is 3.96. The van der Waals surface area contributed by atoms with Gasteiger partial charge in [0.25, 0.3) is 0 Å². The van der Waals surface area contributed by atoms with E-state index in [4.69, 9.17) is 14.0 Å². The number of benzene rings is 2. The molecule has 0 saturated carbocycles. The summed E-state index contributed by atoms with van der Waals surface area (Å²) >= 11 is 0. The summed E-state index contributed by atoms with van der Waals surface area (Å²) in [5, 5.41) is 7.42. The zero-order valence-electron chi connectivity index (χ0n) is 14.7. The second-order valence-electron chi connectivity index (χ2n) is 5.76. The second-order valence-corrected chi connectivity index (χ2v) is 5.76. The molecule has 3 rings (SSSR count). The number of nitrogens with zero attached hydrogens (tertiary/aromatic N) is 1. The van der Waals surface area contributed by atoms with E-state index in [0.29, 0.717) is 13.1 Å². The van der Waals surface area contributed by atoms with Gasteiger partial charge in [0.2, 0.25) is 0 Å². The van der Waals surface area contributed by atoms with Gasteiger partial charge in [-0.25, -0.2) is 0 Å². The summed E-state index contributed by atoms with van der Waals surface area (Å²) in [5.74, 6) is 2.25. The first-order valence-corrected chi connectivity index (χ1v) is 8.14. The third-order valence-electron chi connectivity index (χ3n) is 3.99. The van der Waals surface area contributed by atoms with E-state index in [0.717, 1.165) is 39.6 Å². The fourth-order valence-corrected chi connectivity index (χ4v) is 2.78. The highest BCUT2D eigenvalue weighted by molar-refractivity contribution is 5.71. The Hall–Kier alpha value is -2.79. The van der Waals surface area contributed by atoms with Crippen LogP contribution < -0.4 is 14.8 Å². The maximum absolute atomic E-state index is 5.46. The zero-order chi connectivity index (χ0) is 17.6. The number of methoxy groups -OCH3 is 2.